The van der Waals surface area contributed by atoms with Crippen molar-refractivity contribution in [1.29, 1.82) is 0 Å². The van der Waals surface area contributed by atoms with Crippen LogP contribution in [0.15, 0.2) is 42.5 Å². The highest BCUT2D eigenvalue weighted by Gasteiger charge is 2.03. The summed E-state index contributed by atoms with van der Waals surface area (Å²) in [4.78, 5) is 0.666. The third-order valence-electron chi connectivity index (χ3n) is 3.16. The van der Waals surface area contributed by atoms with Gasteiger partial charge in [-0.1, -0.05) is 71.7 Å². The average Bonchev–Trinajstić information content (AvgIpc) is 2.36. The molecule has 0 aliphatic rings. The molecule has 0 N–H and O–H groups in total. The third kappa shape index (κ3) is 3.57. The summed E-state index contributed by atoms with van der Waals surface area (Å²) in [5.41, 5.74) is 1.45. The molecule has 2 aromatic rings. The molecule has 0 amide bonds. The Hall–Kier alpha value is -0.820. The molecule has 90 valence electrons. The second kappa shape index (κ2) is 6.20. The summed E-state index contributed by atoms with van der Waals surface area (Å²) in [7, 11) is 0. The largest absolute Gasteiger partial charge is 0.0891 e. The molecule has 0 aliphatic heterocycles. The number of alkyl halides is 1. The first-order valence-corrected chi connectivity index (χ1v) is 7.33. The summed E-state index contributed by atoms with van der Waals surface area (Å²) in [6.45, 7) is 2.24. The van der Waals surface area contributed by atoms with Gasteiger partial charge in [-0.25, -0.2) is 0 Å². The zero-order valence-corrected chi connectivity index (χ0v) is 11.9. The molecule has 1 heteroatoms. The SMILES string of the molecule is CCCC(Br)CCc1ccc2ccccc2c1. The van der Waals surface area contributed by atoms with Gasteiger partial charge in [0.1, 0.15) is 0 Å². The molecular formula is C16H19Br. The van der Waals surface area contributed by atoms with E-state index in [2.05, 4.69) is 65.3 Å². The van der Waals surface area contributed by atoms with E-state index in [0.717, 1.165) is 0 Å². The quantitative estimate of drug-likeness (QED) is 0.653. The number of hydrogen-bond acceptors (Lipinski definition) is 0. The number of aryl methyl sites for hydroxylation is 1. The minimum absolute atomic E-state index is 0.666. The number of halogens is 1. The summed E-state index contributed by atoms with van der Waals surface area (Å²) < 4.78 is 0. The Morgan fingerprint density at radius 3 is 2.53 bits per heavy atom. The number of rotatable bonds is 5. The predicted molar refractivity (Wildman–Crippen MR) is 79.9 cm³/mol. The zero-order chi connectivity index (χ0) is 12.1. The van der Waals surface area contributed by atoms with Gasteiger partial charge in [-0.05, 0) is 35.6 Å². The molecule has 1 unspecified atom stereocenters. The van der Waals surface area contributed by atoms with E-state index >= 15 is 0 Å². The Labute approximate surface area is 112 Å². The summed E-state index contributed by atoms with van der Waals surface area (Å²) >= 11 is 3.75. The Kier molecular flexibility index (Phi) is 4.61. The highest BCUT2D eigenvalue weighted by atomic mass is 79.9. The molecule has 0 saturated carbocycles. The van der Waals surface area contributed by atoms with Gasteiger partial charge in [-0.15, -0.1) is 0 Å². The van der Waals surface area contributed by atoms with Gasteiger partial charge in [0.2, 0.25) is 0 Å². The van der Waals surface area contributed by atoms with Crippen molar-refractivity contribution in [2.24, 2.45) is 0 Å². The first-order chi connectivity index (χ1) is 8.29. The lowest BCUT2D eigenvalue weighted by atomic mass is 10.0. The van der Waals surface area contributed by atoms with Crippen molar-refractivity contribution in [3.8, 4) is 0 Å². The normalized spacial score (nSPS) is 12.8. The lowest BCUT2D eigenvalue weighted by molar-refractivity contribution is 0.693. The van der Waals surface area contributed by atoms with E-state index < -0.39 is 0 Å². The third-order valence-corrected chi connectivity index (χ3v) is 4.08. The maximum Gasteiger partial charge on any atom is 0.0148 e. The van der Waals surface area contributed by atoms with Crippen LogP contribution < -0.4 is 0 Å². The van der Waals surface area contributed by atoms with E-state index in [9.17, 15) is 0 Å². The van der Waals surface area contributed by atoms with Crippen LogP contribution in [0.2, 0.25) is 0 Å². The zero-order valence-electron chi connectivity index (χ0n) is 10.3. The second-order valence-electron chi connectivity index (χ2n) is 4.61. The standard InChI is InChI=1S/C16H19Br/c1-2-5-16(17)11-9-13-8-10-14-6-3-4-7-15(14)12-13/h3-4,6-8,10,12,16H,2,5,9,11H2,1H3. The highest BCUT2D eigenvalue weighted by molar-refractivity contribution is 9.09. The van der Waals surface area contributed by atoms with E-state index in [1.54, 1.807) is 0 Å². The molecule has 2 rings (SSSR count). The van der Waals surface area contributed by atoms with Crippen LogP contribution in [0.5, 0.6) is 0 Å². The summed E-state index contributed by atoms with van der Waals surface area (Å²) in [5, 5.41) is 2.69. The van der Waals surface area contributed by atoms with Crippen molar-refractivity contribution in [3.05, 3.63) is 48.0 Å². The van der Waals surface area contributed by atoms with Gasteiger partial charge in [-0.2, -0.15) is 0 Å². The lowest BCUT2D eigenvalue weighted by Gasteiger charge is -2.08. The molecular weight excluding hydrogens is 272 g/mol. The first-order valence-electron chi connectivity index (χ1n) is 6.41. The van der Waals surface area contributed by atoms with E-state index in [4.69, 9.17) is 0 Å². The molecule has 0 aromatic heterocycles. The molecule has 2 aromatic carbocycles. The minimum atomic E-state index is 0.666. The predicted octanol–water partition coefficient (Wildman–Crippen LogP) is 5.34. The lowest BCUT2D eigenvalue weighted by Crippen LogP contribution is -1.99. The van der Waals surface area contributed by atoms with Crippen molar-refractivity contribution in [2.75, 3.05) is 0 Å². The maximum absolute atomic E-state index is 3.75. The van der Waals surface area contributed by atoms with Crippen LogP contribution in [-0.4, -0.2) is 4.83 Å². The highest BCUT2D eigenvalue weighted by Crippen LogP contribution is 2.19. The molecule has 0 fully saturated rings. The average molecular weight is 291 g/mol. The summed E-state index contributed by atoms with van der Waals surface area (Å²) in [5.74, 6) is 0. The number of benzene rings is 2. The second-order valence-corrected chi connectivity index (χ2v) is 5.90. The van der Waals surface area contributed by atoms with Gasteiger partial charge in [-0.3, -0.25) is 0 Å². The molecule has 0 radical (unpaired) electrons. The van der Waals surface area contributed by atoms with Crippen LogP contribution in [0, 0.1) is 0 Å². The number of hydrogen-bond donors (Lipinski definition) is 0. The van der Waals surface area contributed by atoms with Crippen LogP contribution in [0.4, 0.5) is 0 Å². The molecule has 0 aliphatic carbocycles. The molecule has 0 saturated heterocycles. The van der Waals surface area contributed by atoms with Gasteiger partial charge < -0.3 is 0 Å². The van der Waals surface area contributed by atoms with Crippen molar-refractivity contribution in [2.45, 2.75) is 37.4 Å². The molecule has 0 heterocycles. The molecule has 0 bridgehead atoms. The monoisotopic (exact) mass is 290 g/mol. The van der Waals surface area contributed by atoms with Crippen molar-refractivity contribution < 1.29 is 0 Å². The van der Waals surface area contributed by atoms with Crippen LogP contribution in [-0.2, 0) is 6.42 Å². The molecule has 17 heavy (non-hydrogen) atoms. The minimum Gasteiger partial charge on any atom is -0.0891 e. The van der Waals surface area contributed by atoms with Gasteiger partial charge >= 0.3 is 0 Å². The van der Waals surface area contributed by atoms with Crippen molar-refractivity contribution >= 4 is 26.7 Å². The molecule has 0 nitrogen and oxygen atoms in total. The Bertz CT molecular complexity index is 476. The fourth-order valence-electron chi connectivity index (χ4n) is 2.18. The van der Waals surface area contributed by atoms with Crippen LogP contribution in [0.1, 0.15) is 31.7 Å². The van der Waals surface area contributed by atoms with Crippen LogP contribution in [0.3, 0.4) is 0 Å². The van der Waals surface area contributed by atoms with Crippen molar-refractivity contribution in [1.82, 2.24) is 0 Å². The first kappa shape index (κ1) is 12.6. The summed E-state index contributed by atoms with van der Waals surface area (Å²) in [6.07, 6.45) is 4.92. The van der Waals surface area contributed by atoms with Crippen molar-refractivity contribution in [3.63, 3.8) is 0 Å². The van der Waals surface area contributed by atoms with Gasteiger partial charge in [0.15, 0.2) is 0 Å². The van der Waals surface area contributed by atoms with E-state index in [1.807, 2.05) is 0 Å². The Balaban J connectivity index is 2.04. The van der Waals surface area contributed by atoms with Gasteiger partial charge in [0.05, 0.1) is 0 Å². The summed E-state index contributed by atoms with van der Waals surface area (Å²) in [6, 6.07) is 15.4. The smallest absolute Gasteiger partial charge is 0.0148 e. The molecule has 1 atom stereocenters. The van der Waals surface area contributed by atoms with E-state index in [0.29, 0.717) is 4.83 Å². The number of fused-ring (bicyclic) bond motifs is 1. The van der Waals surface area contributed by atoms with E-state index in [-0.39, 0.29) is 0 Å². The molecule has 0 spiro atoms. The van der Waals surface area contributed by atoms with Crippen LogP contribution >= 0.6 is 15.9 Å². The maximum atomic E-state index is 3.75. The fraction of sp³-hybridized carbons (Fsp3) is 0.375. The Morgan fingerprint density at radius 2 is 1.76 bits per heavy atom. The fourth-order valence-corrected chi connectivity index (χ4v) is 2.86. The topological polar surface area (TPSA) is 0 Å². The van der Waals surface area contributed by atoms with Gasteiger partial charge in [0, 0.05) is 4.83 Å². The van der Waals surface area contributed by atoms with Crippen LogP contribution in [0.25, 0.3) is 10.8 Å². The van der Waals surface area contributed by atoms with E-state index in [1.165, 1.54) is 42.0 Å². The van der Waals surface area contributed by atoms with Gasteiger partial charge in [0.25, 0.3) is 0 Å². The Morgan fingerprint density at radius 1 is 1.00 bits per heavy atom.